The normalized spacial score (nSPS) is 16.2. The SMILES string of the molecule is Cc1cc(NC(=O)[C@H](CCCNC(C)C)NC(=O)[C@@H]2Cc3ccccc3CN2C(O)CCC(=O)c2ccccc2)ccc1Cl. The maximum absolute atomic E-state index is 13.9. The van der Waals surface area contributed by atoms with Gasteiger partial charge in [0.05, 0.1) is 6.04 Å². The quantitative estimate of drug-likeness (QED) is 0.145. The second-order valence-electron chi connectivity index (χ2n) is 11.7. The molecule has 0 aromatic heterocycles. The Morgan fingerprint density at radius 1 is 0.977 bits per heavy atom. The third kappa shape index (κ3) is 9.22. The first-order valence-electron chi connectivity index (χ1n) is 15.3. The first kappa shape index (κ1) is 33.3. The van der Waals surface area contributed by atoms with Crippen LogP contribution in [0.1, 0.15) is 66.6 Å². The van der Waals surface area contributed by atoms with Crippen molar-refractivity contribution in [2.75, 3.05) is 11.9 Å². The van der Waals surface area contributed by atoms with Crippen LogP contribution in [0.25, 0.3) is 0 Å². The summed E-state index contributed by atoms with van der Waals surface area (Å²) < 4.78 is 0. The number of benzene rings is 3. The zero-order chi connectivity index (χ0) is 31.6. The van der Waals surface area contributed by atoms with Crippen LogP contribution < -0.4 is 16.0 Å². The molecule has 44 heavy (non-hydrogen) atoms. The lowest BCUT2D eigenvalue weighted by molar-refractivity contribution is -0.136. The number of ketones is 1. The summed E-state index contributed by atoms with van der Waals surface area (Å²) in [6, 6.07) is 20.9. The summed E-state index contributed by atoms with van der Waals surface area (Å²) in [6.07, 6.45) is 0.794. The molecule has 0 spiro atoms. The lowest BCUT2D eigenvalue weighted by Crippen LogP contribution is -2.57. The van der Waals surface area contributed by atoms with Gasteiger partial charge in [0.25, 0.3) is 0 Å². The highest BCUT2D eigenvalue weighted by Gasteiger charge is 2.36. The molecule has 234 valence electrons. The fraction of sp³-hybridized carbons (Fsp3) is 0.400. The molecule has 1 heterocycles. The average Bonchev–Trinajstić information content (AvgIpc) is 3.02. The number of hydrogen-bond donors (Lipinski definition) is 4. The van der Waals surface area contributed by atoms with Crippen molar-refractivity contribution >= 4 is 34.9 Å². The lowest BCUT2D eigenvalue weighted by atomic mass is 9.92. The Morgan fingerprint density at radius 2 is 1.68 bits per heavy atom. The summed E-state index contributed by atoms with van der Waals surface area (Å²) in [5, 5.41) is 21.2. The molecule has 0 radical (unpaired) electrons. The third-order valence-electron chi connectivity index (χ3n) is 7.98. The molecule has 8 nitrogen and oxygen atoms in total. The molecule has 0 fully saturated rings. The Morgan fingerprint density at radius 3 is 2.39 bits per heavy atom. The third-order valence-corrected chi connectivity index (χ3v) is 8.40. The highest BCUT2D eigenvalue weighted by molar-refractivity contribution is 6.31. The maximum atomic E-state index is 13.9. The minimum absolute atomic E-state index is 0.0627. The number of Topliss-reactive ketones (excluding diaryl/α,β-unsaturated/α-hetero) is 1. The smallest absolute Gasteiger partial charge is 0.246 e. The number of fused-ring (bicyclic) bond motifs is 1. The van der Waals surface area contributed by atoms with Crippen molar-refractivity contribution in [2.45, 2.75) is 83.8 Å². The van der Waals surface area contributed by atoms with Gasteiger partial charge in [-0.25, -0.2) is 0 Å². The van der Waals surface area contributed by atoms with Crippen molar-refractivity contribution in [1.82, 2.24) is 15.5 Å². The van der Waals surface area contributed by atoms with E-state index in [1.165, 1.54) is 0 Å². The van der Waals surface area contributed by atoms with E-state index in [2.05, 4.69) is 29.8 Å². The maximum Gasteiger partial charge on any atom is 0.246 e. The van der Waals surface area contributed by atoms with Gasteiger partial charge in [-0.3, -0.25) is 19.3 Å². The minimum Gasteiger partial charge on any atom is -0.378 e. The van der Waals surface area contributed by atoms with E-state index in [-0.39, 0.29) is 30.4 Å². The van der Waals surface area contributed by atoms with Gasteiger partial charge in [-0.15, -0.1) is 0 Å². The van der Waals surface area contributed by atoms with Gasteiger partial charge in [0, 0.05) is 35.3 Å². The van der Waals surface area contributed by atoms with Crippen molar-refractivity contribution in [3.05, 3.63) is 100 Å². The summed E-state index contributed by atoms with van der Waals surface area (Å²) in [5.41, 5.74) is 4.08. The molecule has 0 aliphatic carbocycles. The van der Waals surface area contributed by atoms with E-state index in [4.69, 9.17) is 11.6 Å². The Kier molecular flexibility index (Phi) is 12.1. The van der Waals surface area contributed by atoms with Crippen LogP contribution in [0.2, 0.25) is 5.02 Å². The van der Waals surface area contributed by atoms with Crippen LogP contribution in [0, 0.1) is 6.92 Å². The molecule has 0 saturated heterocycles. The highest BCUT2D eigenvalue weighted by atomic mass is 35.5. The molecule has 3 aromatic carbocycles. The molecule has 3 atom stereocenters. The molecule has 0 saturated carbocycles. The molecule has 1 aliphatic heterocycles. The number of aryl methyl sites for hydroxylation is 1. The molecule has 3 aromatic rings. The predicted molar refractivity (Wildman–Crippen MR) is 175 cm³/mol. The fourth-order valence-electron chi connectivity index (χ4n) is 5.48. The molecule has 1 unspecified atom stereocenters. The van der Waals surface area contributed by atoms with E-state index < -0.39 is 18.3 Å². The Balaban J connectivity index is 1.50. The van der Waals surface area contributed by atoms with E-state index in [0.717, 1.165) is 16.7 Å². The number of aliphatic hydroxyl groups is 1. The van der Waals surface area contributed by atoms with Gasteiger partial charge in [-0.05, 0) is 74.0 Å². The summed E-state index contributed by atoms with van der Waals surface area (Å²) in [6.45, 7) is 7.04. The van der Waals surface area contributed by atoms with E-state index in [0.29, 0.717) is 54.7 Å². The van der Waals surface area contributed by atoms with Crippen molar-refractivity contribution in [2.24, 2.45) is 0 Å². The molecule has 1 aliphatic rings. The van der Waals surface area contributed by atoms with Gasteiger partial charge in [0.2, 0.25) is 11.8 Å². The number of rotatable bonds is 14. The topological polar surface area (TPSA) is 111 Å². The monoisotopic (exact) mass is 618 g/mol. The molecule has 4 rings (SSSR count). The van der Waals surface area contributed by atoms with Crippen molar-refractivity contribution in [3.63, 3.8) is 0 Å². The predicted octanol–water partition coefficient (Wildman–Crippen LogP) is 5.26. The molecular formula is C35H43ClN4O4. The largest absolute Gasteiger partial charge is 0.378 e. The van der Waals surface area contributed by atoms with Crippen LogP contribution in [0.3, 0.4) is 0 Å². The number of aliphatic hydroxyl groups excluding tert-OH is 1. The number of halogens is 1. The van der Waals surface area contributed by atoms with Gasteiger partial charge in [0.15, 0.2) is 5.78 Å². The molecule has 0 bridgehead atoms. The standard InChI is InChI=1S/C35H43ClN4O4/c1-23(2)37-19-9-14-30(34(43)38-28-15-16-29(36)24(3)20-28)39-35(44)31-21-26-12-7-8-13-27(26)22-40(31)33(42)18-17-32(41)25-10-5-4-6-11-25/h4-8,10-13,15-16,20,23,30-31,33,37,42H,9,14,17-19,21-22H2,1-3H3,(H,38,43)(H,39,44)/t30-,31-,33?/m0/s1. The minimum atomic E-state index is -1.02. The number of carbonyl (C=O) groups excluding carboxylic acids is 3. The van der Waals surface area contributed by atoms with Gasteiger partial charge in [0.1, 0.15) is 12.3 Å². The van der Waals surface area contributed by atoms with Crippen molar-refractivity contribution in [3.8, 4) is 0 Å². The van der Waals surface area contributed by atoms with Gasteiger partial charge < -0.3 is 21.1 Å². The van der Waals surface area contributed by atoms with Gasteiger partial charge >= 0.3 is 0 Å². The van der Waals surface area contributed by atoms with E-state index >= 15 is 0 Å². The number of carbonyl (C=O) groups is 3. The number of nitrogens with one attached hydrogen (secondary N) is 3. The van der Waals surface area contributed by atoms with E-state index in [1.807, 2.05) is 49.4 Å². The Bertz CT molecular complexity index is 1430. The highest BCUT2D eigenvalue weighted by Crippen LogP contribution is 2.27. The summed E-state index contributed by atoms with van der Waals surface area (Å²) in [5.74, 6) is -0.717. The molecule has 2 amide bonds. The zero-order valence-electron chi connectivity index (χ0n) is 25.7. The Labute approximate surface area is 265 Å². The van der Waals surface area contributed by atoms with Crippen LogP contribution >= 0.6 is 11.6 Å². The zero-order valence-corrected chi connectivity index (χ0v) is 26.4. The summed E-state index contributed by atoms with van der Waals surface area (Å²) in [4.78, 5) is 41.9. The van der Waals surface area contributed by atoms with Gasteiger partial charge in [-0.2, -0.15) is 0 Å². The first-order valence-corrected chi connectivity index (χ1v) is 15.7. The van der Waals surface area contributed by atoms with Crippen LogP contribution in [-0.4, -0.2) is 58.5 Å². The second-order valence-corrected chi connectivity index (χ2v) is 12.1. The van der Waals surface area contributed by atoms with E-state index in [1.54, 1.807) is 35.2 Å². The number of hydrogen-bond acceptors (Lipinski definition) is 6. The molecule has 9 heteroatoms. The van der Waals surface area contributed by atoms with Crippen LogP contribution in [0.5, 0.6) is 0 Å². The molecular weight excluding hydrogens is 576 g/mol. The Hall–Kier alpha value is -3.56. The second kappa shape index (κ2) is 16.0. The number of amides is 2. The van der Waals surface area contributed by atoms with Crippen molar-refractivity contribution < 1.29 is 19.5 Å². The van der Waals surface area contributed by atoms with Crippen molar-refractivity contribution in [1.29, 1.82) is 0 Å². The number of nitrogens with zero attached hydrogens (tertiary/aromatic N) is 1. The molecule has 4 N–H and O–H groups in total. The number of anilines is 1. The van der Waals surface area contributed by atoms with Gasteiger partial charge in [-0.1, -0.05) is 80.0 Å². The fourth-order valence-corrected chi connectivity index (χ4v) is 5.60. The van der Waals surface area contributed by atoms with Crippen LogP contribution in [-0.2, 0) is 22.6 Å². The summed E-state index contributed by atoms with van der Waals surface area (Å²) in [7, 11) is 0. The summed E-state index contributed by atoms with van der Waals surface area (Å²) >= 11 is 6.17. The van der Waals surface area contributed by atoms with E-state index in [9.17, 15) is 19.5 Å². The lowest BCUT2D eigenvalue weighted by Gasteiger charge is -2.39. The average molecular weight is 619 g/mol. The van der Waals surface area contributed by atoms with Crippen LogP contribution in [0.4, 0.5) is 5.69 Å². The van der Waals surface area contributed by atoms with Crippen LogP contribution in [0.15, 0.2) is 72.8 Å². The first-order chi connectivity index (χ1) is 21.1.